The van der Waals surface area contributed by atoms with Crippen LogP contribution in [-0.2, 0) is 16.4 Å². The Balaban J connectivity index is 2.10. The second kappa shape index (κ2) is 6.58. The van der Waals surface area contributed by atoms with Gasteiger partial charge in [-0.25, -0.2) is 17.5 Å². The van der Waals surface area contributed by atoms with Gasteiger partial charge in [0.2, 0.25) is 10.0 Å². The molecule has 0 spiro atoms. The fraction of sp³-hybridized carbons (Fsp3) is 0.294. The molecule has 0 aliphatic rings. The summed E-state index contributed by atoms with van der Waals surface area (Å²) in [6.45, 7) is 5.82. The van der Waals surface area contributed by atoms with Crippen molar-refractivity contribution < 1.29 is 12.8 Å². The molecular weight excluding hydrogens is 301 g/mol. The lowest BCUT2D eigenvalue weighted by Gasteiger charge is -2.13. The molecule has 0 fully saturated rings. The summed E-state index contributed by atoms with van der Waals surface area (Å²) in [6, 6.07) is 9.79. The fourth-order valence-electron chi connectivity index (χ4n) is 2.64. The minimum absolute atomic E-state index is 0.278. The summed E-state index contributed by atoms with van der Waals surface area (Å²) in [7, 11) is -3.54. The summed E-state index contributed by atoms with van der Waals surface area (Å²) in [4.78, 5) is 0.345. The molecule has 2 rings (SSSR count). The Kier molecular flexibility index (Phi) is 4.98. The third kappa shape index (κ3) is 3.93. The van der Waals surface area contributed by atoms with Gasteiger partial charge in [0.15, 0.2) is 0 Å². The molecule has 22 heavy (non-hydrogen) atoms. The third-order valence-electron chi connectivity index (χ3n) is 3.49. The summed E-state index contributed by atoms with van der Waals surface area (Å²) >= 11 is 0. The maximum absolute atomic E-state index is 12.8. The molecule has 5 heteroatoms. The van der Waals surface area contributed by atoms with Crippen LogP contribution in [0.2, 0.25) is 0 Å². The van der Waals surface area contributed by atoms with Crippen molar-refractivity contribution in [3.8, 4) is 0 Å². The number of aryl methyl sites for hydroxylation is 3. The van der Waals surface area contributed by atoms with Crippen LogP contribution < -0.4 is 4.72 Å². The molecule has 0 aromatic heterocycles. The maximum atomic E-state index is 12.8. The Bertz CT molecular complexity index is 745. The van der Waals surface area contributed by atoms with Crippen LogP contribution in [0.1, 0.15) is 22.3 Å². The van der Waals surface area contributed by atoms with Crippen LogP contribution in [0.15, 0.2) is 41.3 Å². The molecule has 3 nitrogen and oxygen atoms in total. The Morgan fingerprint density at radius 3 is 2.09 bits per heavy atom. The number of benzene rings is 2. The van der Waals surface area contributed by atoms with Gasteiger partial charge in [0.1, 0.15) is 5.82 Å². The second-order valence-corrected chi connectivity index (χ2v) is 7.21. The van der Waals surface area contributed by atoms with Gasteiger partial charge in [0.05, 0.1) is 4.90 Å². The van der Waals surface area contributed by atoms with E-state index in [1.54, 1.807) is 26.0 Å². The first-order chi connectivity index (χ1) is 10.3. The van der Waals surface area contributed by atoms with Crippen LogP contribution in [0.25, 0.3) is 0 Å². The van der Waals surface area contributed by atoms with E-state index in [-0.39, 0.29) is 12.4 Å². The first kappa shape index (κ1) is 16.6. The molecule has 1 N–H and O–H groups in total. The van der Waals surface area contributed by atoms with Crippen molar-refractivity contribution >= 4 is 10.0 Å². The molecule has 0 atom stereocenters. The first-order valence-corrected chi connectivity index (χ1v) is 8.60. The summed E-state index contributed by atoms with van der Waals surface area (Å²) in [5.41, 5.74) is 3.42. The predicted molar refractivity (Wildman–Crippen MR) is 85.9 cm³/mol. The predicted octanol–water partition coefficient (Wildman–Crippen LogP) is 3.27. The molecule has 0 heterocycles. The zero-order valence-electron chi connectivity index (χ0n) is 13.0. The van der Waals surface area contributed by atoms with E-state index < -0.39 is 10.0 Å². The number of sulfonamides is 1. The highest BCUT2D eigenvalue weighted by Gasteiger charge is 2.19. The zero-order chi connectivity index (χ0) is 16.3. The van der Waals surface area contributed by atoms with E-state index in [2.05, 4.69) is 4.72 Å². The lowest BCUT2D eigenvalue weighted by molar-refractivity contribution is 0.580. The monoisotopic (exact) mass is 321 g/mol. The van der Waals surface area contributed by atoms with Crippen LogP contribution in [0, 0.1) is 26.6 Å². The van der Waals surface area contributed by atoms with E-state index in [0.717, 1.165) is 22.3 Å². The van der Waals surface area contributed by atoms with Gasteiger partial charge in [0.25, 0.3) is 0 Å². The van der Waals surface area contributed by atoms with E-state index in [9.17, 15) is 12.8 Å². The standard InChI is InChI=1S/C17H20FNO2S/c1-12-10-13(2)17(14(3)11-12)22(20,21)19-9-8-15-4-6-16(18)7-5-15/h4-7,10-11,19H,8-9H2,1-3H3. The number of halogens is 1. The molecule has 0 saturated carbocycles. The van der Waals surface area contributed by atoms with Crippen LogP contribution >= 0.6 is 0 Å². The molecular formula is C17H20FNO2S. The Labute approximate surface area is 131 Å². The van der Waals surface area contributed by atoms with E-state index in [1.165, 1.54) is 12.1 Å². The molecule has 0 bridgehead atoms. The molecule has 0 unspecified atom stereocenters. The number of hydrogen-bond acceptors (Lipinski definition) is 2. The van der Waals surface area contributed by atoms with Gasteiger partial charge in [0, 0.05) is 6.54 Å². The fourth-order valence-corrected chi connectivity index (χ4v) is 4.12. The SMILES string of the molecule is Cc1cc(C)c(S(=O)(=O)NCCc2ccc(F)cc2)c(C)c1. The van der Waals surface area contributed by atoms with Gasteiger partial charge in [-0.05, 0) is 56.0 Å². The van der Waals surface area contributed by atoms with Crippen molar-refractivity contribution in [2.24, 2.45) is 0 Å². The van der Waals surface area contributed by atoms with Crippen molar-refractivity contribution in [3.05, 3.63) is 64.5 Å². The van der Waals surface area contributed by atoms with Crippen molar-refractivity contribution in [2.45, 2.75) is 32.1 Å². The van der Waals surface area contributed by atoms with E-state index in [1.807, 2.05) is 19.1 Å². The number of rotatable bonds is 5. The normalized spacial score (nSPS) is 11.6. The van der Waals surface area contributed by atoms with Gasteiger partial charge in [-0.3, -0.25) is 0 Å². The molecule has 0 aliphatic carbocycles. The van der Waals surface area contributed by atoms with Gasteiger partial charge in [-0.1, -0.05) is 29.8 Å². The van der Waals surface area contributed by atoms with Gasteiger partial charge in [-0.15, -0.1) is 0 Å². The van der Waals surface area contributed by atoms with Crippen molar-refractivity contribution in [1.82, 2.24) is 4.72 Å². The molecule has 2 aromatic rings. The van der Waals surface area contributed by atoms with Crippen LogP contribution in [0.3, 0.4) is 0 Å². The second-order valence-electron chi connectivity index (χ2n) is 5.50. The Morgan fingerprint density at radius 2 is 1.55 bits per heavy atom. The van der Waals surface area contributed by atoms with Gasteiger partial charge < -0.3 is 0 Å². The van der Waals surface area contributed by atoms with Crippen LogP contribution in [0.4, 0.5) is 4.39 Å². The highest BCUT2D eigenvalue weighted by molar-refractivity contribution is 7.89. The minimum Gasteiger partial charge on any atom is -0.211 e. The van der Waals surface area contributed by atoms with Crippen molar-refractivity contribution in [2.75, 3.05) is 6.54 Å². The van der Waals surface area contributed by atoms with Gasteiger partial charge >= 0.3 is 0 Å². The molecule has 0 saturated heterocycles. The smallest absolute Gasteiger partial charge is 0.211 e. The Hall–Kier alpha value is -1.72. The van der Waals surface area contributed by atoms with Gasteiger partial charge in [-0.2, -0.15) is 0 Å². The molecule has 118 valence electrons. The molecule has 0 radical (unpaired) electrons. The topological polar surface area (TPSA) is 46.2 Å². The highest BCUT2D eigenvalue weighted by atomic mass is 32.2. The summed E-state index contributed by atoms with van der Waals surface area (Å²) in [6.07, 6.45) is 0.517. The van der Waals surface area contributed by atoms with Crippen LogP contribution in [-0.4, -0.2) is 15.0 Å². The molecule has 0 aliphatic heterocycles. The summed E-state index contributed by atoms with van der Waals surface area (Å²) in [5, 5.41) is 0. The molecule has 0 amide bonds. The third-order valence-corrected chi connectivity index (χ3v) is 5.26. The average Bonchev–Trinajstić information content (AvgIpc) is 2.39. The van der Waals surface area contributed by atoms with E-state index >= 15 is 0 Å². The Morgan fingerprint density at radius 1 is 1.00 bits per heavy atom. The average molecular weight is 321 g/mol. The van der Waals surface area contributed by atoms with Crippen LogP contribution in [0.5, 0.6) is 0 Å². The maximum Gasteiger partial charge on any atom is 0.241 e. The number of nitrogens with one attached hydrogen (secondary N) is 1. The highest BCUT2D eigenvalue weighted by Crippen LogP contribution is 2.21. The van der Waals surface area contributed by atoms with Crippen molar-refractivity contribution in [3.63, 3.8) is 0 Å². The lowest BCUT2D eigenvalue weighted by Crippen LogP contribution is -2.27. The minimum atomic E-state index is -3.54. The quantitative estimate of drug-likeness (QED) is 0.918. The summed E-state index contributed by atoms with van der Waals surface area (Å²) < 4.78 is 40.4. The molecule has 2 aromatic carbocycles. The zero-order valence-corrected chi connectivity index (χ0v) is 13.8. The lowest BCUT2D eigenvalue weighted by atomic mass is 10.1. The van der Waals surface area contributed by atoms with E-state index in [0.29, 0.717) is 11.3 Å². The summed E-state index contributed by atoms with van der Waals surface area (Å²) in [5.74, 6) is -0.296. The first-order valence-electron chi connectivity index (χ1n) is 7.11. The van der Waals surface area contributed by atoms with Crippen molar-refractivity contribution in [1.29, 1.82) is 0 Å². The number of hydrogen-bond donors (Lipinski definition) is 1. The largest absolute Gasteiger partial charge is 0.241 e. The van der Waals surface area contributed by atoms with E-state index in [4.69, 9.17) is 0 Å².